The molecule has 0 aromatic carbocycles. The van der Waals surface area contributed by atoms with Crippen molar-refractivity contribution in [2.75, 3.05) is 0 Å². The van der Waals surface area contributed by atoms with Gasteiger partial charge in [-0.25, -0.2) is 0 Å². The second-order valence-corrected chi connectivity index (χ2v) is 0.894. The Kier molecular flexibility index (Phi) is 59.0. The van der Waals surface area contributed by atoms with Crippen molar-refractivity contribution < 1.29 is 67.0 Å². The molecule has 0 atom stereocenters. The first-order chi connectivity index (χ1) is 6.93. The van der Waals surface area contributed by atoms with E-state index in [4.69, 9.17) is 61.3 Å². The SMILES string of the molecule is O=[N+]([O-])[O-].O=[N+]([O-])[O-].O=[N+]([O-])[O-].O=[N+]([O-])[O-].[Pd].[Zr+4]. The second kappa shape index (κ2) is 29.5. The van der Waals surface area contributed by atoms with E-state index in [0.29, 0.717) is 0 Å². The van der Waals surface area contributed by atoms with Crippen molar-refractivity contribution in [2.24, 2.45) is 0 Å². The summed E-state index contributed by atoms with van der Waals surface area (Å²) < 4.78 is 0. The Morgan fingerprint density at radius 2 is 0.444 bits per heavy atom. The summed E-state index contributed by atoms with van der Waals surface area (Å²) in [4.78, 5) is 33.0. The average Bonchev–Trinajstić information content (AvgIpc) is 1.76. The zero-order valence-electron chi connectivity index (χ0n) is 7.50. The van der Waals surface area contributed by atoms with Crippen molar-refractivity contribution in [3.05, 3.63) is 61.3 Å². The first-order valence-electron chi connectivity index (χ1n) is 2.19. The topological polar surface area (TPSA) is 265 Å². The molecule has 16 nitrogen and oxygen atoms in total. The standard InChI is InChI=1S/4NO3.Pd.Zr/c4*2-1(3)4;;/q4*-1;;+4. The molecular formula is N4O12PdZr. The summed E-state index contributed by atoms with van der Waals surface area (Å²) in [6.07, 6.45) is 0. The summed E-state index contributed by atoms with van der Waals surface area (Å²) in [5, 5.41) is 59.0. The summed E-state index contributed by atoms with van der Waals surface area (Å²) in [7, 11) is 0. The van der Waals surface area contributed by atoms with Crippen LogP contribution in [0.3, 0.4) is 0 Å². The van der Waals surface area contributed by atoms with Crippen LogP contribution in [0.5, 0.6) is 0 Å². The van der Waals surface area contributed by atoms with E-state index in [9.17, 15) is 0 Å². The molecule has 0 saturated heterocycles. The molecule has 18 heteroatoms. The van der Waals surface area contributed by atoms with Gasteiger partial charge in [-0.15, -0.1) is 0 Å². The van der Waals surface area contributed by atoms with Gasteiger partial charge in [-0.2, -0.15) is 0 Å². The molecule has 0 unspecified atom stereocenters. The summed E-state index contributed by atoms with van der Waals surface area (Å²) in [6.45, 7) is 0. The molecule has 0 aliphatic rings. The first-order valence-corrected chi connectivity index (χ1v) is 2.19. The van der Waals surface area contributed by atoms with Crippen molar-refractivity contribution in [1.29, 1.82) is 0 Å². The van der Waals surface area contributed by atoms with Crippen molar-refractivity contribution >= 4 is 0 Å². The third-order valence-corrected chi connectivity index (χ3v) is 0. The van der Waals surface area contributed by atoms with Gasteiger partial charge in [0.25, 0.3) is 0 Å². The number of rotatable bonds is 0. The quantitative estimate of drug-likeness (QED) is 0.247. The van der Waals surface area contributed by atoms with Gasteiger partial charge in [0.1, 0.15) is 0 Å². The van der Waals surface area contributed by atoms with Crippen molar-refractivity contribution in [2.45, 2.75) is 0 Å². The molecule has 0 aliphatic heterocycles. The molecule has 0 amide bonds. The average molecular weight is 446 g/mol. The molecule has 0 aromatic heterocycles. The molecule has 18 heavy (non-hydrogen) atoms. The Morgan fingerprint density at radius 1 is 0.444 bits per heavy atom. The Morgan fingerprint density at radius 3 is 0.444 bits per heavy atom. The maximum absolute atomic E-state index is 8.25. The third kappa shape index (κ3) is 933. The molecule has 0 bridgehead atoms. The van der Waals surface area contributed by atoms with Crippen molar-refractivity contribution in [3.8, 4) is 0 Å². The van der Waals surface area contributed by atoms with Crippen LogP contribution in [-0.2, 0) is 46.6 Å². The van der Waals surface area contributed by atoms with E-state index in [1.54, 1.807) is 0 Å². The summed E-state index contributed by atoms with van der Waals surface area (Å²) in [5.74, 6) is 0. The molecule has 0 aromatic rings. The van der Waals surface area contributed by atoms with Gasteiger partial charge >= 0.3 is 26.2 Å². The molecule has 0 spiro atoms. The van der Waals surface area contributed by atoms with Crippen molar-refractivity contribution in [1.82, 2.24) is 0 Å². The van der Waals surface area contributed by atoms with E-state index in [-0.39, 0.29) is 46.6 Å². The van der Waals surface area contributed by atoms with E-state index < -0.39 is 20.3 Å². The van der Waals surface area contributed by atoms with Crippen LogP contribution in [0, 0.1) is 61.3 Å². The zero-order valence-corrected chi connectivity index (χ0v) is 11.5. The molecule has 0 heterocycles. The van der Waals surface area contributed by atoms with E-state index in [2.05, 4.69) is 0 Å². The number of nitrogens with zero attached hydrogens (tertiary/aromatic N) is 4. The fourth-order valence-electron chi connectivity index (χ4n) is 0. The van der Waals surface area contributed by atoms with Gasteiger partial charge in [0, 0.05) is 20.4 Å². The van der Waals surface area contributed by atoms with E-state index in [0.717, 1.165) is 0 Å². The fourth-order valence-corrected chi connectivity index (χ4v) is 0. The molecular weight excluding hydrogens is 446 g/mol. The second-order valence-electron chi connectivity index (χ2n) is 0.894. The van der Waals surface area contributed by atoms with Gasteiger partial charge in [-0.05, 0) is 0 Å². The van der Waals surface area contributed by atoms with E-state index in [1.807, 2.05) is 0 Å². The van der Waals surface area contributed by atoms with Crippen LogP contribution >= 0.6 is 0 Å². The molecule has 0 N–H and O–H groups in total. The largest absolute Gasteiger partial charge is 4.00 e. The van der Waals surface area contributed by atoms with Gasteiger partial charge in [0.05, 0.1) is 20.3 Å². The van der Waals surface area contributed by atoms with Crippen LogP contribution in [0.15, 0.2) is 0 Å². The Bertz CT molecular complexity index is 164. The van der Waals surface area contributed by atoms with Crippen LogP contribution in [0.1, 0.15) is 0 Å². The summed E-state index contributed by atoms with van der Waals surface area (Å²) >= 11 is 0. The molecule has 0 rings (SSSR count). The fraction of sp³-hybridized carbons (Fsp3) is 0. The van der Waals surface area contributed by atoms with Crippen LogP contribution in [-0.4, -0.2) is 20.3 Å². The van der Waals surface area contributed by atoms with Crippen LogP contribution in [0.25, 0.3) is 0 Å². The van der Waals surface area contributed by atoms with Crippen molar-refractivity contribution in [3.63, 3.8) is 0 Å². The third-order valence-electron chi connectivity index (χ3n) is 0. The Labute approximate surface area is 128 Å². The van der Waals surface area contributed by atoms with E-state index in [1.165, 1.54) is 0 Å². The Balaban J connectivity index is -0.0000000257. The number of hydrogen-bond acceptors (Lipinski definition) is 12. The number of hydrogen-bond donors (Lipinski definition) is 0. The molecule has 0 fully saturated rings. The van der Waals surface area contributed by atoms with Gasteiger partial charge in [-0.1, -0.05) is 0 Å². The van der Waals surface area contributed by atoms with Crippen LogP contribution in [0.2, 0.25) is 0 Å². The predicted molar refractivity (Wildman–Crippen MR) is 41.4 cm³/mol. The first kappa shape index (κ1) is 36.0. The van der Waals surface area contributed by atoms with Gasteiger partial charge in [0.2, 0.25) is 0 Å². The smallest absolute Gasteiger partial charge is 0.356 e. The van der Waals surface area contributed by atoms with Gasteiger partial charge in [0.15, 0.2) is 0 Å². The van der Waals surface area contributed by atoms with Crippen LogP contribution < -0.4 is 0 Å². The molecule has 0 aliphatic carbocycles. The molecule has 106 valence electrons. The summed E-state index contributed by atoms with van der Waals surface area (Å²) in [5.41, 5.74) is 0. The van der Waals surface area contributed by atoms with Gasteiger partial charge in [-0.3, -0.25) is 0 Å². The predicted octanol–water partition coefficient (Wildman–Crippen LogP) is -0.961. The normalized spacial score (nSPS) is 5.33. The maximum atomic E-state index is 8.25. The van der Waals surface area contributed by atoms with E-state index >= 15 is 0 Å². The molecule has 0 saturated carbocycles. The minimum absolute atomic E-state index is 0. The molecule has 0 radical (unpaired) electrons. The van der Waals surface area contributed by atoms with Gasteiger partial charge < -0.3 is 61.3 Å². The Hall–Kier alpha value is -1.65. The maximum Gasteiger partial charge on any atom is 4.00 e. The minimum atomic E-state index is -1.75. The zero-order chi connectivity index (χ0) is 14.3. The summed E-state index contributed by atoms with van der Waals surface area (Å²) in [6, 6.07) is 0. The monoisotopic (exact) mass is 444 g/mol. The van der Waals surface area contributed by atoms with Crippen LogP contribution in [0.4, 0.5) is 0 Å². The minimum Gasteiger partial charge on any atom is -0.356 e.